The Balaban J connectivity index is 2.21. The molecule has 0 saturated carbocycles. The van der Waals surface area contributed by atoms with Gasteiger partial charge in [-0.15, -0.1) is 0 Å². The molecule has 2 aromatic rings. The Kier molecular flexibility index (Phi) is 4.63. The monoisotopic (exact) mass is 292 g/mol. The van der Waals surface area contributed by atoms with Crippen molar-refractivity contribution in [3.63, 3.8) is 0 Å². The second kappa shape index (κ2) is 6.43. The van der Waals surface area contributed by atoms with Gasteiger partial charge in [0, 0.05) is 4.90 Å². The number of carboxylic acids is 1. The van der Waals surface area contributed by atoms with Gasteiger partial charge >= 0.3 is 5.97 Å². The van der Waals surface area contributed by atoms with E-state index in [-0.39, 0.29) is 12.2 Å². The molecule has 20 heavy (non-hydrogen) atoms. The van der Waals surface area contributed by atoms with E-state index in [2.05, 4.69) is 0 Å². The first-order valence-corrected chi connectivity index (χ1v) is 7.30. The van der Waals surface area contributed by atoms with Gasteiger partial charge in [-0.2, -0.15) is 0 Å². The zero-order chi connectivity index (χ0) is 14.5. The molecule has 0 spiro atoms. The Hall–Kier alpha value is -2.01. The van der Waals surface area contributed by atoms with Crippen molar-refractivity contribution >= 4 is 16.8 Å². The molecule has 2 aromatic carbocycles. The van der Waals surface area contributed by atoms with Gasteiger partial charge in [-0.3, -0.25) is 9.00 Å². The maximum absolute atomic E-state index is 13.1. The summed E-state index contributed by atoms with van der Waals surface area (Å²) in [6.45, 7) is 0. The molecule has 0 aliphatic carbocycles. The highest BCUT2D eigenvalue weighted by molar-refractivity contribution is 7.84. The van der Waals surface area contributed by atoms with Crippen molar-refractivity contribution in [2.24, 2.45) is 0 Å². The number of benzene rings is 2. The van der Waals surface area contributed by atoms with Gasteiger partial charge in [-0.05, 0) is 29.3 Å². The van der Waals surface area contributed by atoms with Gasteiger partial charge in [0.1, 0.15) is 5.82 Å². The summed E-state index contributed by atoms with van der Waals surface area (Å²) in [5.41, 5.74) is 1.34. The van der Waals surface area contributed by atoms with Gasteiger partial charge in [0.2, 0.25) is 0 Å². The number of hydrogen-bond donors (Lipinski definition) is 1. The van der Waals surface area contributed by atoms with E-state index in [1.54, 1.807) is 30.3 Å². The number of hydrogen-bond acceptors (Lipinski definition) is 2. The number of carboxylic acid groups (broad SMARTS) is 1. The Morgan fingerprint density at radius 1 is 1.10 bits per heavy atom. The molecule has 0 aliphatic heterocycles. The number of aliphatic carboxylic acids is 1. The highest BCUT2D eigenvalue weighted by Crippen LogP contribution is 2.17. The predicted molar refractivity (Wildman–Crippen MR) is 74.3 cm³/mol. The van der Waals surface area contributed by atoms with Crippen molar-refractivity contribution in [3.05, 3.63) is 65.5 Å². The zero-order valence-electron chi connectivity index (χ0n) is 10.6. The van der Waals surface area contributed by atoms with Crippen LogP contribution in [-0.4, -0.2) is 15.3 Å². The van der Waals surface area contributed by atoms with Crippen molar-refractivity contribution in [2.75, 3.05) is 0 Å². The third-order valence-electron chi connectivity index (χ3n) is 2.81. The van der Waals surface area contributed by atoms with E-state index in [0.717, 1.165) is 0 Å². The molecule has 5 heteroatoms. The minimum absolute atomic E-state index is 0.115. The quantitative estimate of drug-likeness (QED) is 0.922. The average Bonchev–Trinajstić information content (AvgIpc) is 2.40. The summed E-state index contributed by atoms with van der Waals surface area (Å²) in [7, 11) is -1.40. The minimum atomic E-state index is -1.40. The molecule has 0 fully saturated rings. The SMILES string of the molecule is O=C(O)Cc1ccccc1CS(=O)c1cccc(F)c1. The van der Waals surface area contributed by atoms with E-state index < -0.39 is 22.6 Å². The van der Waals surface area contributed by atoms with Crippen LogP contribution in [0.1, 0.15) is 11.1 Å². The third-order valence-corrected chi connectivity index (χ3v) is 4.16. The summed E-state index contributed by atoms with van der Waals surface area (Å²) < 4.78 is 25.3. The predicted octanol–water partition coefficient (Wildman–Crippen LogP) is 2.76. The maximum Gasteiger partial charge on any atom is 0.307 e. The molecule has 1 N–H and O–H groups in total. The van der Waals surface area contributed by atoms with Gasteiger partial charge in [0.25, 0.3) is 0 Å². The smallest absolute Gasteiger partial charge is 0.307 e. The van der Waals surface area contributed by atoms with E-state index in [4.69, 9.17) is 5.11 Å². The minimum Gasteiger partial charge on any atom is -0.481 e. The Morgan fingerprint density at radius 2 is 1.80 bits per heavy atom. The van der Waals surface area contributed by atoms with Gasteiger partial charge in [-0.25, -0.2) is 4.39 Å². The molecule has 0 bridgehead atoms. The van der Waals surface area contributed by atoms with Crippen LogP contribution in [-0.2, 0) is 27.8 Å². The molecule has 1 unspecified atom stereocenters. The Morgan fingerprint density at radius 3 is 2.45 bits per heavy atom. The van der Waals surface area contributed by atoms with E-state index in [1.165, 1.54) is 18.2 Å². The van der Waals surface area contributed by atoms with E-state index in [0.29, 0.717) is 16.0 Å². The van der Waals surface area contributed by atoms with Gasteiger partial charge in [-0.1, -0.05) is 30.3 Å². The fourth-order valence-corrected chi connectivity index (χ4v) is 3.07. The average molecular weight is 292 g/mol. The normalized spacial score (nSPS) is 12.1. The molecular weight excluding hydrogens is 279 g/mol. The first-order valence-electron chi connectivity index (χ1n) is 5.99. The van der Waals surface area contributed by atoms with Crippen LogP contribution >= 0.6 is 0 Å². The van der Waals surface area contributed by atoms with Crippen LogP contribution in [0.5, 0.6) is 0 Å². The van der Waals surface area contributed by atoms with Crippen LogP contribution in [0.25, 0.3) is 0 Å². The highest BCUT2D eigenvalue weighted by atomic mass is 32.2. The van der Waals surface area contributed by atoms with E-state index >= 15 is 0 Å². The lowest BCUT2D eigenvalue weighted by Gasteiger charge is -2.08. The first kappa shape index (κ1) is 14.4. The molecule has 0 heterocycles. The van der Waals surface area contributed by atoms with Crippen LogP contribution in [0.15, 0.2) is 53.4 Å². The topological polar surface area (TPSA) is 54.4 Å². The van der Waals surface area contributed by atoms with Crippen LogP contribution in [0.4, 0.5) is 4.39 Å². The molecule has 1 atom stereocenters. The lowest BCUT2D eigenvalue weighted by Crippen LogP contribution is -2.06. The van der Waals surface area contributed by atoms with Gasteiger partial charge in [0.15, 0.2) is 0 Å². The largest absolute Gasteiger partial charge is 0.481 e. The second-order valence-electron chi connectivity index (χ2n) is 4.29. The van der Waals surface area contributed by atoms with Crippen molar-refractivity contribution in [1.29, 1.82) is 0 Å². The Labute approximate surface area is 118 Å². The fourth-order valence-electron chi connectivity index (χ4n) is 1.87. The summed E-state index contributed by atoms with van der Waals surface area (Å²) in [5, 5.41) is 8.85. The van der Waals surface area contributed by atoms with Crippen molar-refractivity contribution < 1.29 is 18.5 Å². The van der Waals surface area contributed by atoms with Crippen molar-refractivity contribution in [2.45, 2.75) is 17.1 Å². The molecule has 0 saturated heterocycles. The summed E-state index contributed by atoms with van der Waals surface area (Å²) in [4.78, 5) is 11.2. The molecular formula is C15H13FO3S. The zero-order valence-corrected chi connectivity index (χ0v) is 11.4. The molecule has 0 aliphatic rings. The number of halogens is 1. The first-order chi connectivity index (χ1) is 9.56. The number of rotatable bonds is 5. The molecule has 3 nitrogen and oxygen atoms in total. The van der Waals surface area contributed by atoms with Crippen LogP contribution in [0.2, 0.25) is 0 Å². The van der Waals surface area contributed by atoms with E-state index in [9.17, 15) is 13.4 Å². The molecule has 0 amide bonds. The second-order valence-corrected chi connectivity index (χ2v) is 5.74. The maximum atomic E-state index is 13.1. The summed E-state index contributed by atoms with van der Waals surface area (Å²) in [6, 6.07) is 12.6. The molecule has 2 rings (SSSR count). The van der Waals surface area contributed by atoms with E-state index in [1.807, 2.05) is 0 Å². The summed E-state index contributed by atoms with van der Waals surface area (Å²) >= 11 is 0. The summed E-state index contributed by atoms with van der Waals surface area (Å²) in [5.74, 6) is -1.20. The highest BCUT2D eigenvalue weighted by Gasteiger charge is 2.11. The van der Waals surface area contributed by atoms with Crippen LogP contribution in [0.3, 0.4) is 0 Å². The third kappa shape index (κ3) is 3.74. The molecule has 0 radical (unpaired) electrons. The molecule has 104 valence electrons. The van der Waals surface area contributed by atoms with Gasteiger partial charge in [0.05, 0.1) is 23.0 Å². The lowest BCUT2D eigenvalue weighted by molar-refractivity contribution is -0.136. The Bertz CT molecular complexity index is 655. The van der Waals surface area contributed by atoms with Crippen molar-refractivity contribution in [1.82, 2.24) is 0 Å². The lowest BCUT2D eigenvalue weighted by atomic mass is 10.1. The standard InChI is InChI=1S/C15H13FO3S/c16-13-6-3-7-14(9-13)20(19)10-12-5-2-1-4-11(12)8-15(17)18/h1-7,9H,8,10H2,(H,17,18). The number of carbonyl (C=O) groups is 1. The fraction of sp³-hybridized carbons (Fsp3) is 0.133. The summed E-state index contributed by atoms with van der Waals surface area (Å²) in [6.07, 6.45) is -0.115. The van der Waals surface area contributed by atoms with Crippen LogP contribution in [0, 0.1) is 5.82 Å². The van der Waals surface area contributed by atoms with Crippen LogP contribution < -0.4 is 0 Å². The molecule has 0 aromatic heterocycles. The van der Waals surface area contributed by atoms with Gasteiger partial charge < -0.3 is 5.11 Å². The van der Waals surface area contributed by atoms with Crippen molar-refractivity contribution in [3.8, 4) is 0 Å².